The molecule has 1 aromatic carbocycles. The molecule has 0 saturated heterocycles. The number of hydrogen-bond donors (Lipinski definition) is 1. The third kappa shape index (κ3) is 3.55. The third-order valence-corrected chi connectivity index (χ3v) is 3.27. The van der Waals surface area contributed by atoms with Gasteiger partial charge < -0.3 is 10.2 Å². The number of aryl methyl sites for hydroxylation is 1. The van der Waals surface area contributed by atoms with Crippen molar-refractivity contribution in [3.8, 4) is 0 Å². The molecule has 1 aromatic heterocycles. The lowest BCUT2D eigenvalue weighted by Gasteiger charge is -2.21. The highest BCUT2D eigenvalue weighted by Gasteiger charge is 2.05. The first-order valence-electron chi connectivity index (χ1n) is 6.56. The van der Waals surface area contributed by atoms with E-state index in [1.807, 2.05) is 13.2 Å². The smallest absolute Gasteiger partial charge is 0.0562 e. The molecule has 0 amide bonds. The summed E-state index contributed by atoms with van der Waals surface area (Å²) < 4.78 is 0. The highest BCUT2D eigenvalue weighted by Crippen LogP contribution is 2.17. The second-order valence-corrected chi connectivity index (χ2v) is 4.82. The highest BCUT2D eigenvalue weighted by molar-refractivity contribution is 5.47. The molecule has 3 heteroatoms. The normalized spacial score (nSPS) is 10.5. The van der Waals surface area contributed by atoms with Crippen molar-refractivity contribution in [2.45, 2.75) is 20.0 Å². The van der Waals surface area contributed by atoms with Gasteiger partial charge >= 0.3 is 0 Å². The molecule has 1 N–H and O–H groups in total. The van der Waals surface area contributed by atoms with Crippen LogP contribution in [0.1, 0.15) is 16.8 Å². The van der Waals surface area contributed by atoms with Gasteiger partial charge in [0.15, 0.2) is 0 Å². The summed E-state index contributed by atoms with van der Waals surface area (Å²) in [6, 6.07) is 12.7. The zero-order valence-corrected chi connectivity index (χ0v) is 11.9. The summed E-state index contributed by atoms with van der Waals surface area (Å²) in [6.45, 7) is 3.86. The minimum absolute atomic E-state index is 0.798. The van der Waals surface area contributed by atoms with E-state index < -0.39 is 0 Å². The maximum absolute atomic E-state index is 4.35. The Morgan fingerprint density at radius 3 is 2.74 bits per heavy atom. The van der Waals surface area contributed by atoms with Crippen LogP contribution in [0.4, 0.5) is 5.69 Å². The van der Waals surface area contributed by atoms with Gasteiger partial charge in [0.1, 0.15) is 0 Å². The standard InChI is InChI=1S/C16H21N3/c1-13-6-4-5-7-14(13)12-19(3)16-8-9-18-15(10-16)11-17-2/h4-10,17H,11-12H2,1-3H3. The molecule has 2 rings (SSSR count). The number of anilines is 1. The maximum Gasteiger partial charge on any atom is 0.0562 e. The molecule has 19 heavy (non-hydrogen) atoms. The Kier molecular flexibility index (Phi) is 4.53. The molecule has 0 spiro atoms. The molecule has 0 bridgehead atoms. The van der Waals surface area contributed by atoms with Crippen molar-refractivity contribution < 1.29 is 0 Å². The van der Waals surface area contributed by atoms with Gasteiger partial charge in [0.2, 0.25) is 0 Å². The van der Waals surface area contributed by atoms with Crippen molar-refractivity contribution in [1.29, 1.82) is 0 Å². The van der Waals surface area contributed by atoms with Crippen molar-refractivity contribution in [1.82, 2.24) is 10.3 Å². The Balaban J connectivity index is 2.13. The summed E-state index contributed by atoms with van der Waals surface area (Å²) in [4.78, 5) is 6.60. The molecular formula is C16H21N3. The van der Waals surface area contributed by atoms with Gasteiger partial charge in [-0.25, -0.2) is 0 Å². The van der Waals surface area contributed by atoms with Gasteiger partial charge in [-0.05, 0) is 37.2 Å². The zero-order chi connectivity index (χ0) is 13.7. The molecule has 100 valence electrons. The summed E-state index contributed by atoms with van der Waals surface area (Å²) in [5.41, 5.74) is 4.95. The Morgan fingerprint density at radius 2 is 2.00 bits per heavy atom. The number of nitrogens with one attached hydrogen (secondary N) is 1. The molecule has 0 aliphatic heterocycles. The first kappa shape index (κ1) is 13.6. The lowest BCUT2D eigenvalue weighted by atomic mass is 10.1. The van der Waals surface area contributed by atoms with Crippen molar-refractivity contribution in [3.05, 3.63) is 59.4 Å². The second kappa shape index (κ2) is 6.34. The number of hydrogen-bond acceptors (Lipinski definition) is 3. The topological polar surface area (TPSA) is 28.2 Å². The largest absolute Gasteiger partial charge is 0.370 e. The summed E-state index contributed by atoms with van der Waals surface area (Å²) in [5.74, 6) is 0. The average Bonchev–Trinajstić information content (AvgIpc) is 2.42. The fourth-order valence-corrected chi connectivity index (χ4v) is 2.11. The molecule has 0 fully saturated rings. The van der Waals surface area contributed by atoms with E-state index in [9.17, 15) is 0 Å². The molecule has 0 aliphatic rings. The summed E-state index contributed by atoms with van der Waals surface area (Å²) in [7, 11) is 4.05. The Hall–Kier alpha value is -1.87. The number of aromatic nitrogens is 1. The second-order valence-electron chi connectivity index (χ2n) is 4.82. The molecule has 0 radical (unpaired) electrons. The van der Waals surface area contributed by atoms with E-state index in [4.69, 9.17) is 0 Å². The zero-order valence-electron chi connectivity index (χ0n) is 11.9. The highest BCUT2D eigenvalue weighted by atomic mass is 15.1. The number of rotatable bonds is 5. The van der Waals surface area contributed by atoms with Gasteiger partial charge in [0.25, 0.3) is 0 Å². The number of nitrogens with zero attached hydrogens (tertiary/aromatic N) is 2. The van der Waals surface area contributed by atoms with Gasteiger partial charge in [-0.15, -0.1) is 0 Å². The van der Waals surface area contributed by atoms with E-state index in [1.165, 1.54) is 16.8 Å². The molecule has 1 heterocycles. The van der Waals surface area contributed by atoms with E-state index >= 15 is 0 Å². The van der Waals surface area contributed by atoms with Crippen LogP contribution in [-0.2, 0) is 13.1 Å². The summed E-state index contributed by atoms with van der Waals surface area (Å²) in [5, 5.41) is 3.13. The summed E-state index contributed by atoms with van der Waals surface area (Å²) in [6.07, 6.45) is 1.87. The molecule has 0 saturated carbocycles. The van der Waals surface area contributed by atoms with Crippen LogP contribution in [-0.4, -0.2) is 19.1 Å². The summed E-state index contributed by atoms with van der Waals surface area (Å²) >= 11 is 0. The van der Waals surface area contributed by atoms with Crippen molar-refractivity contribution in [2.75, 3.05) is 19.0 Å². The molecule has 0 unspecified atom stereocenters. The van der Waals surface area contributed by atoms with Crippen LogP contribution in [0.2, 0.25) is 0 Å². The Labute approximate surface area is 115 Å². The predicted molar refractivity (Wildman–Crippen MR) is 80.3 cm³/mol. The minimum Gasteiger partial charge on any atom is -0.370 e. The van der Waals surface area contributed by atoms with Gasteiger partial charge in [-0.3, -0.25) is 4.98 Å². The van der Waals surface area contributed by atoms with Crippen LogP contribution in [0, 0.1) is 6.92 Å². The van der Waals surface area contributed by atoms with Crippen molar-refractivity contribution >= 4 is 5.69 Å². The van der Waals surface area contributed by atoms with Gasteiger partial charge in [0.05, 0.1) is 5.69 Å². The van der Waals surface area contributed by atoms with Crippen molar-refractivity contribution in [2.24, 2.45) is 0 Å². The molecule has 0 atom stereocenters. The monoisotopic (exact) mass is 255 g/mol. The predicted octanol–water partition coefficient (Wildman–Crippen LogP) is 2.75. The molecule has 2 aromatic rings. The third-order valence-electron chi connectivity index (χ3n) is 3.27. The van der Waals surface area contributed by atoms with Gasteiger partial charge in [0, 0.05) is 32.0 Å². The molecule has 0 aliphatic carbocycles. The van der Waals surface area contributed by atoms with E-state index in [-0.39, 0.29) is 0 Å². The Bertz CT molecular complexity index is 537. The van der Waals surface area contributed by atoms with Crippen molar-refractivity contribution in [3.63, 3.8) is 0 Å². The molecular weight excluding hydrogens is 234 g/mol. The lowest BCUT2D eigenvalue weighted by molar-refractivity contribution is 0.788. The van der Waals surface area contributed by atoms with E-state index in [0.29, 0.717) is 0 Å². The Morgan fingerprint density at radius 1 is 1.21 bits per heavy atom. The van der Waals surface area contributed by atoms with Crippen LogP contribution in [0.15, 0.2) is 42.6 Å². The fourth-order valence-electron chi connectivity index (χ4n) is 2.11. The van der Waals surface area contributed by atoms with E-state index in [1.54, 1.807) is 0 Å². The van der Waals surface area contributed by atoms with E-state index in [0.717, 1.165) is 18.8 Å². The van der Waals surface area contributed by atoms with Gasteiger partial charge in [-0.1, -0.05) is 24.3 Å². The first-order valence-corrected chi connectivity index (χ1v) is 6.56. The van der Waals surface area contributed by atoms with Crippen LogP contribution in [0.3, 0.4) is 0 Å². The van der Waals surface area contributed by atoms with Crippen LogP contribution in [0.5, 0.6) is 0 Å². The van der Waals surface area contributed by atoms with Crippen LogP contribution >= 0.6 is 0 Å². The van der Waals surface area contributed by atoms with Crippen LogP contribution < -0.4 is 10.2 Å². The van der Waals surface area contributed by atoms with Gasteiger partial charge in [-0.2, -0.15) is 0 Å². The number of benzene rings is 1. The fraction of sp³-hybridized carbons (Fsp3) is 0.312. The molecule has 3 nitrogen and oxygen atoms in total. The quantitative estimate of drug-likeness (QED) is 0.890. The van der Waals surface area contributed by atoms with E-state index in [2.05, 4.69) is 65.6 Å². The minimum atomic E-state index is 0.798. The average molecular weight is 255 g/mol. The maximum atomic E-state index is 4.35. The number of pyridine rings is 1. The lowest BCUT2D eigenvalue weighted by Crippen LogP contribution is -2.18. The first-order chi connectivity index (χ1) is 9.20. The SMILES string of the molecule is CNCc1cc(N(C)Cc2ccccc2C)ccn1. The van der Waals surface area contributed by atoms with Crippen LogP contribution in [0.25, 0.3) is 0 Å².